The van der Waals surface area contributed by atoms with Crippen LogP contribution in [0.1, 0.15) is 22.3 Å². The van der Waals surface area contributed by atoms with Gasteiger partial charge in [0.1, 0.15) is 0 Å². The zero-order valence-corrected chi connectivity index (χ0v) is 12.2. The van der Waals surface area contributed by atoms with Crippen molar-refractivity contribution in [1.29, 1.82) is 0 Å². The highest BCUT2D eigenvalue weighted by Gasteiger charge is 2.05. The maximum absolute atomic E-state index is 8.80. The predicted octanol–water partition coefficient (Wildman–Crippen LogP) is 2.42. The molecule has 2 aromatic carbocycles. The zero-order chi connectivity index (χ0) is 15.1. The lowest BCUT2D eigenvalue weighted by Crippen LogP contribution is -2.21. The fraction of sp³-hybridized carbons (Fsp3) is 0.235. The highest BCUT2D eigenvalue weighted by atomic mass is 16.4. The van der Waals surface area contributed by atoms with Crippen molar-refractivity contribution in [2.24, 2.45) is 10.9 Å². The molecule has 0 saturated carbocycles. The lowest BCUT2D eigenvalue weighted by Gasteiger charge is -2.09. The smallest absolute Gasteiger partial charge is 0.170 e. The van der Waals surface area contributed by atoms with Gasteiger partial charge in [-0.2, -0.15) is 0 Å². The number of oxime groups is 1. The fourth-order valence-electron chi connectivity index (χ4n) is 2.30. The molecule has 0 bridgehead atoms. The Hall–Kier alpha value is -2.33. The Morgan fingerprint density at radius 3 is 2.76 bits per heavy atom. The summed E-state index contributed by atoms with van der Waals surface area (Å²) in [4.78, 5) is 0. The first-order chi connectivity index (χ1) is 10.2. The van der Waals surface area contributed by atoms with Crippen molar-refractivity contribution in [1.82, 2.24) is 5.32 Å². The average Bonchev–Trinajstić information content (AvgIpc) is 2.51. The molecule has 0 amide bonds. The van der Waals surface area contributed by atoms with Gasteiger partial charge in [0.15, 0.2) is 5.84 Å². The normalized spacial score (nSPS) is 11.6. The number of hydrogen-bond acceptors (Lipinski definition) is 3. The average molecular weight is 283 g/mol. The summed E-state index contributed by atoms with van der Waals surface area (Å²) in [6, 6.07) is 16.2. The van der Waals surface area contributed by atoms with Crippen LogP contribution in [-0.2, 0) is 13.0 Å². The van der Waals surface area contributed by atoms with Gasteiger partial charge in [0, 0.05) is 12.1 Å². The lowest BCUT2D eigenvalue weighted by atomic mass is 10.1. The van der Waals surface area contributed by atoms with Crippen molar-refractivity contribution in [2.45, 2.75) is 19.9 Å². The van der Waals surface area contributed by atoms with Crippen molar-refractivity contribution < 1.29 is 5.21 Å². The maximum Gasteiger partial charge on any atom is 0.170 e. The fourth-order valence-corrected chi connectivity index (χ4v) is 2.30. The van der Waals surface area contributed by atoms with Crippen molar-refractivity contribution >= 4 is 5.84 Å². The number of hydrogen-bond donors (Lipinski definition) is 3. The number of nitrogens with zero attached hydrogens (tertiary/aromatic N) is 1. The molecule has 0 heterocycles. The summed E-state index contributed by atoms with van der Waals surface area (Å²) >= 11 is 0. The Morgan fingerprint density at radius 2 is 2.00 bits per heavy atom. The summed E-state index contributed by atoms with van der Waals surface area (Å²) in [5.41, 5.74) is 10.1. The first-order valence-electron chi connectivity index (χ1n) is 7.03. The van der Waals surface area contributed by atoms with Crippen LogP contribution < -0.4 is 11.1 Å². The summed E-state index contributed by atoms with van der Waals surface area (Å²) in [6.07, 6.45) is 0.980. The molecule has 0 aliphatic carbocycles. The molecule has 2 rings (SSSR count). The highest BCUT2D eigenvalue weighted by molar-refractivity contribution is 5.98. The molecule has 0 radical (unpaired) electrons. The summed E-state index contributed by atoms with van der Waals surface area (Å²) in [7, 11) is 0. The monoisotopic (exact) mass is 283 g/mol. The third kappa shape index (κ3) is 4.33. The molecule has 21 heavy (non-hydrogen) atoms. The minimum Gasteiger partial charge on any atom is -0.409 e. The number of rotatable bonds is 6. The van der Waals surface area contributed by atoms with Gasteiger partial charge < -0.3 is 16.3 Å². The largest absolute Gasteiger partial charge is 0.409 e. The molecule has 4 nitrogen and oxygen atoms in total. The number of nitrogens with two attached hydrogens (primary N) is 1. The third-order valence-electron chi connectivity index (χ3n) is 3.39. The van der Waals surface area contributed by atoms with Crippen LogP contribution >= 0.6 is 0 Å². The molecule has 0 aromatic heterocycles. The molecular weight excluding hydrogens is 262 g/mol. The van der Waals surface area contributed by atoms with Gasteiger partial charge in [-0.15, -0.1) is 0 Å². The van der Waals surface area contributed by atoms with E-state index in [0.29, 0.717) is 6.54 Å². The van der Waals surface area contributed by atoms with Crippen molar-refractivity contribution in [3.63, 3.8) is 0 Å². The molecule has 4 heteroatoms. The Labute approximate surface area is 125 Å². The Bertz CT molecular complexity index is 623. The first kappa shape index (κ1) is 15.1. The molecule has 0 fully saturated rings. The lowest BCUT2D eigenvalue weighted by molar-refractivity contribution is 0.318. The maximum atomic E-state index is 8.80. The predicted molar refractivity (Wildman–Crippen MR) is 85.5 cm³/mol. The van der Waals surface area contributed by atoms with Gasteiger partial charge in [-0.1, -0.05) is 59.3 Å². The summed E-state index contributed by atoms with van der Waals surface area (Å²) in [6.45, 7) is 3.68. The summed E-state index contributed by atoms with van der Waals surface area (Å²) in [5, 5.41) is 15.3. The highest BCUT2D eigenvalue weighted by Crippen LogP contribution is 2.08. The van der Waals surface area contributed by atoms with E-state index in [4.69, 9.17) is 10.9 Å². The van der Waals surface area contributed by atoms with E-state index in [2.05, 4.69) is 41.7 Å². The number of amidine groups is 1. The standard InChI is InChI=1S/C17H21N3O/c1-13-5-4-6-14(11-13)9-10-19-12-15-7-2-3-8-16(15)17(18)20-21/h2-8,11,19,21H,9-10,12H2,1H3,(H2,18,20). The molecule has 0 spiro atoms. The molecule has 0 atom stereocenters. The molecular formula is C17H21N3O. The topological polar surface area (TPSA) is 70.6 Å². The van der Waals surface area contributed by atoms with Crippen LogP contribution in [0, 0.1) is 6.92 Å². The zero-order valence-electron chi connectivity index (χ0n) is 12.2. The van der Waals surface area contributed by atoms with Gasteiger partial charge in [0.25, 0.3) is 0 Å². The number of nitrogens with one attached hydrogen (secondary N) is 1. The van der Waals surface area contributed by atoms with E-state index in [0.717, 1.165) is 24.1 Å². The van der Waals surface area contributed by atoms with E-state index in [1.807, 2.05) is 24.3 Å². The SMILES string of the molecule is Cc1cccc(CCNCc2ccccc2C(N)=NO)c1. The van der Waals surface area contributed by atoms with Crippen LogP contribution in [0.5, 0.6) is 0 Å². The van der Waals surface area contributed by atoms with E-state index in [9.17, 15) is 0 Å². The van der Waals surface area contributed by atoms with Crippen LogP contribution in [-0.4, -0.2) is 17.6 Å². The second-order valence-corrected chi connectivity index (χ2v) is 5.06. The first-order valence-corrected chi connectivity index (χ1v) is 7.03. The minimum absolute atomic E-state index is 0.145. The van der Waals surface area contributed by atoms with Gasteiger partial charge >= 0.3 is 0 Å². The third-order valence-corrected chi connectivity index (χ3v) is 3.39. The van der Waals surface area contributed by atoms with Gasteiger partial charge in [-0.3, -0.25) is 0 Å². The van der Waals surface area contributed by atoms with Crippen molar-refractivity contribution in [3.8, 4) is 0 Å². The van der Waals surface area contributed by atoms with Gasteiger partial charge in [0.05, 0.1) is 0 Å². The quantitative estimate of drug-likeness (QED) is 0.251. The second kappa shape index (κ2) is 7.45. The Morgan fingerprint density at radius 1 is 1.19 bits per heavy atom. The summed E-state index contributed by atoms with van der Waals surface area (Å²) < 4.78 is 0. The minimum atomic E-state index is 0.145. The summed E-state index contributed by atoms with van der Waals surface area (Å²) in [5.74, 6) is 0.145. The number of benzene rings is 2. The molecule has 2 aromatic rings. The molecule has 0 saturated heterocycles. The van der Waals surface area contributed by atoms with Crippen LogP contribution in [0.4, 0.5) is 0 Å². The molecule has 0 aliphatic rings. The van der Waals surface area contributed by atoms with Crippen LogP contribution in [0.25, 0.3) is 0 Å². The Balaban J connectivity index is 1.89. The van der Waals surface area contributed by atoms with Gasteiger partial charge in [-0.05, 0) is 31.0 Å². The van der Waals surface area contributed by atoms with E-state index in [1.54, 1.807) is 0 Å². The van der Waals surface area contributed by atoms with E-state index >= 15 is 0 Å². The number of aryl methyl sites for hydroxylation is 1. The Kier molecular flexibility index (Phi) is 5.35. The van der Waals surface area contributed by atoms with E-state index in [1.165, 1.54) is 11.1 Å². The van der Waals surface area contributed by atoms with Crippen molar-refractivity contribution in [3.05, 3.63) is 70.8 Å². The van der Waals surface area contributed by atoms with Gasteiger partial charge in [-0.25, -0.2) is 0 Å². The van der Waals surface area contributed by atoms with E-state index < -0.39 is 0 Å². The van der Waals surface area contributed by atoms with Crippen LogP contribution in [0.15, 0.2) is 53.7 Å². The molecule has 110 valence electrons. The second-order valence-electron chi connectivity index (χ2n) is 5.06. The molecule has 0 aliphatic heterocycles. The van der Waals surface area contributed by atoms with Crippen LogP contribution in [0.3, 0.4) is 0 Å². The molecule has 0 unspecified atom stereocenters. The van der Waals surface area contributed by atoms with E-state index in [-0.39, 0.29) is 5.84 Å². The van der Waals surface area contributed by atoms with Crippen molar-refractivity contribution in [2.75, 3.05) is 6.54 Å². The van der Waals surface area contributed by atoms with Gasteiger partial charge in [0.2, 0.25) is 0 Å². The van der Waals surface area contributed by atoms with Crippen LogP contribution in [0.2, 0.25) is 0 Å². The molecule has 4 N–H and O–H groups in total.